The van der Waals surface area contributed by atoms with E-state index in [1.165, 1.54) is 10.7 Å². The fourth-order valence-electron chi connectivity index (χ4n) is 4.14. The summed E-state index contributed by atoms with van der Waals surface area (Å²) >= 11 is 0. The Morgan fingerprint density at radius 1 is 1.17 bits per heavy atom. The highest BCUT2D eigenvalue weighted by molar-refractivity contribution is 5.95. The van der Waals surface area contributed by atoms with E-state index in [-0.39, 0.29) is 22.9 Å². The molecule has 6 nitrogen and oxygen atoms in total. The molecule has 7 heteroatoms. The molecule has 3 aromatic heterocycles. The molecule has 1 N–H and O–H groups in total. The largest absolute Gasteiger partial charge is 0.326 e. The molecule has 2 aliphatic carbocycles. The zero-order valence-corrected chi connectivity index (χ0v) is 16.0. The van der Waals surface area contributed by atoms with Crippen LogP contribution >= 0.6 is 0 Å². The van der Waals surface area contributed by atoms with Crippen LogP contribution in [-0.2, 0) is 4.79 Å². The number of carbonyl (C=O) groups is 1. The van der Waals surface area contributed by atoms with Crippen LogP contribution in [0.4, 0.5) is 10.1 Å². The summed E-state index contributed by atoms with van der Waals surface area (Å²) in [5.74, 6) is -0.291. The number of amides is 1. The predicted molar refractivity (Wildman–Crippen MR) is 110 cm³/mol. The van der Waals surface area contributed by atoms with Crippen LogP contribution in [0.3, 0.4) is 0 Å². The number of benzene rings is 1. The van der Waals surface area contributed by atoms with E-state index in [0.29, 0.717) is 11.3 Å². The maximum atomic E-state index is 14.6. The fourth-order valence-corrected chi connectivity index (χ4v) is 4.14. The first-order chi connectivity index (χ1) is 14.6. The minimum atomic E-state index is -0.421. The second-order valence-corrected chi connectivity index (χ2v) is 8.20. The lowest BCUT2D eigenvalue weighted by atomic mass is 10.1. The normalized spacial score (nSPS) is 18.5. The highest BCUT2D eigenvalue weighted by atomic mass is 19.1. The van der Waals surface area contributed by atoms with Crippen LogP contribution < -0.4 is 5.32 Å². The van der Waals surface area contributed by atoms with Crippen molar-refractivity contribution in [1.82, 2.24) is 19.7 Å². The Kier molecular flexibility index (Phi) is 3.56. The summed E-state index contributed by atoms with van der Waals surface area (Å²) in [7, 11) is 0. The number of hydrogen-bond acceptors (Lipinski definition) is 4. The van der Waals surface area contributed by atoms with Crippen LogP contribution in [0.5, 0.6) is 0 Å². The van der Waals surface area contributed by atoms with Gasteiger partial charge in [0.25, 0.3) is 0 Å². The smallest absolute Gasteiger partial charge is 0.228 e. The summed E-state index contributed by atoms with van der Waals surface area (Å²) in [5, 5.41) is 8.12. The number of nitrogens with one attached hydrogen (secondary N) is 1. The number of anilines is 1. The first-order valence-electron chi connectivity index (χ1n) is 9.99. The summed E-state index contributed by atoms with van der Waals surface area (Å²) in [5.41, 5.74) is 3.30. The zero-order chi connectivity index (χ0) is 20.3. The number of rotatable bonds is 4. The van der Waals surface area contributed by atoms with E-state index in [0.717, 1.165) is 35.9 Å². The van der Waals surface area contributed by atoms with Crippen molar-refractivity contribution in [2.45, 2.75) is 19.3 Å². The Hall–Kier alpha value is -3.61. The molecule has 0 bridgehead atoms. The molecule has 1 unspecified atom stereocenters. The van der Waals surface area contributed by atoms with E-state index >= 15 is 0 Å². The lowest BCUT2D eigenvalue weighted by molar-refractivity contribution is -0.117. The van der Waals surface area contributed by atoms with E-state index in [2.05, 4.69) is 20.4 Å². The van der Waals surface area contributed by atoms with Crippen LogP contribution in [0.15, 0.2) is 61.1 Å². The van der Waals surface area contributed by atoms with Gasteiger partial charge in [-0.15, -0.1) is 5.10 Å². The molecule has 2 fully saturated rings. The number of halogens is 1. The Labute approximate surface area is 171 Å². The van der Waals surface area contributed by atoms with Gasteiger partial charge in [0.15, 0.2) is 5.65 Å². The molecule has 1 spiro atoms. The van der Waals surface area contributed by atoms with Gasteiger partial charge in [-0.25, -0.2) is 14.1 Å². The maximum absolute atomic E-state index is 14.6. The van der Waals surface area contributed by atoms with E-state index in [1.807, 2.05) is 24.3 Å². The van der Waals surface area contributed by atoms with Crippen LogP contribution in [0.25, 0.3) is 28.0 Å². The molecule has 3 heterocycles. The first-order valence-corrected chi connectivity index (χ1v) is 9.99. The van der Waals surface area contributed by atoms with E-state index in [9.17, 15) is 9.18 Å². The molecule has 2 aliphatic rings. The monoisotopic (exact) mass is 399 g/mol. The van der Waals surface area contributed by atoms with Crippen molar-refractivity contribution in [3.8, 4) is 16.9 Å². The van der Waals surface area contributed by atoms with Crippen molar-refractivity contribution >= 4 is 22.6 Å². The van der Waals surface area contributed by atoms with Crippen LogP contribution in [-0.4, -0.2) is 25.7 Å². The van der Waals surface area contributed by atoms with Gasteiger partial charge < -0.3 is 5.32 Å². The van der Waals surface area contributed by atoms with Gasteiger partial charge in [0.2, 0.25) is 5.91 Å². The Bertz CT molecular complexity index is 1300. The van der Waals surface area contributed by atoms with Gasteiger partial charge >= 0.3 is 0 Å². The van der Waals surface area contributed by atoms with E-state index in [1.54, 1.807) is 30.7 Å². The quantitative estimate of drug-likeness (QED) is 0.553. The molecule has 1 amide bonds. The number of pyridine rings is 2. The maximum Gasteiger partial charge on any atom is 0.228 e. The van der Waals surface area contributed by atoms with Crippen molar-refractivity contribution in [2.75, 3.05) is 5.32 Å². The molecule has 30 heavy (non-hydrogen) atoms. The number of nitrogens with zero attached hydrogens (tertiary/aromatic N) is 4. The molecule has 1 aromatic carbocycles. The highest BCUT2D eigenvalue weighted by Crippen LogP contribution is 2.70. The summed E-state index contributed by atoms with van der Waals surface area (Å²) < 4.78 is 16.0. The SMILES string of the molecule is O=C(Nc1ccc(F)c(-n2cc3cc(-c4ccccn4)cnc3n2)c1)C1CC12CC2. The molecule has 0 aliphatic heterocycles. The second kappa shape index (κ2) is 6.19. The van der Waals surface area contributed by atoms with E-state index in [4.69, 9.17) is 0 Å². The average molecular weight is 399 g/mol. The lowest BCUT2D eigenvalue weighted by Crippen LogP contribution is -2.15. The molecule has 2 saturated carbocycles. The van der Waals surface area contributed by atoms with Gasteiger partial charge in [-0.3, -0.25) is 9.78 Å². The molecular formula is C23H18FN5O. The van der Waals surface area contributed by atoms with Crippen LogP contribution in [0.2, 0.25) is 0 Å². The van der Waals surface area contributed by atoms with Gasteiger partial charge in [-0.1, -0.05) is 6.07 Å². The Balaban J connectivity index is 1.32. The highest BCUT2D eigenvalue weighted by Gasteiger charge is 2.65. The van der Waals surface area contributed by atoms with Gasteiger partial charge in [0.1, 0.15) is 11.5 Å². The van der Waals surface area contributed by atoms with Crippen molar-refractivity contribution in [3.05, 3.63) is 66.9 Å². The third kappa shape index (κ3) is 2.85. The minimum Gasteiger partial charge on any atom is -0.326 e. The Morgan fingerprint density at radius 2 is 2.07 bits per heavy atom. The lowest BCUT2D eigenvalue weighted by Gasteiger charge is -2.08. The van der Waals surface area contributed by atoms with Crippen molar-refractivity contribution in [2.24, 2.45) is 11.3 Å². The standard InChI is InChI=1S/C23H18FN5O/c24-18-5-4-16(27-22(30)17-11-23(17)6-7-23)10-20(18)29-13-15-9-14(12-26-21(15)28-29)19-3-1-2-8-25-19/h1-5,8-10,12-13,17H,6-7,11H2,(H,27,30). The molecule has 6 rings (SSSR count). The van der Waals surface area contributed by atoms with Crippen LogP contribution in [0.1, 0.15) is 19.3 Å². The minimum absolute atomic E-state index is 0.0253. The summed E-state index contributed by atoms with van der Waals surface area (Å²) in [4.78, 5) is 21.2. The fraction of sp³-hybridized carbons (Fsp3) is 0.217. The van der Waals surface area contributed by atoms with Crippen molar-refractivity contribution < 1.29 is 9.18 Å². The molecule has 4 aromatic rings. The summed E-state index contributed by atoms with van der Waals surface area (Å²) in [6.07, 6.45) is 8.43. The van der Waals surface area contributed by atoms with E-state index < -0.39 is 5.82 Å². The third-order valence-electron chi connectivity index (χ3n) is 6.18. The Morgan fingerprint density at radius 3 is 2.83 bits per heavy atom. The average Bonchev–Trinajstić information content (AvgIpc) is 3.66. The van der Waals surface area contributed by atoms with Gasteiger partial charge in [-0.2, -0.15) is 0 Å². The molecule has 0 saturated heterocycles. The summed E-state index contributed by atoms with van der Waals surface area (Å²) in [6, 6.07) is 12.2. The second-order valence-electron chi connectivity index (χ2n) is 8.20. The topological polar surface area (TPSA) is 72.7 Å². The van der Waals surface area contributed by atoms with Gasteiger partial charge in [-0.05, 0) is 61.1 Å². The number of fused-ring (bicyclic) bond motifs is 1. The van der Waals surface area contributed by atoms with Crippen molar-refractivity contribution in [3.63, 3.8) is 0 Å². The van der Waals surface area contributed by atoms with Gasteiger partial charge in [0.05, 0.1) is 5.69 Å². The van der Waals surface area contributed by atoms with Gasteiger partial charge in [0, 0.05) is 41.1 Å². The third-order valence-corrected chi connectivity index (χ3v) is 6.18. The number of carbonyl (C=O) groups excluding carboxylic acids is 1. The molecular weight excluding hydrogens is 381 g/mol. The molecule has 0 radical (unpaired) electrons. The van der Waals surface area contributed by atoms with Crippen molar-refractivity contribution in [1.29, 1.82) is 0 Å². The zero-order valence-electron chi connectivity index (χ0n) is 16.0. The molecule has 1 atom stereocenters. The summed E-state index contributed by atoms with van der Waals surface area (Å²) in [6.45, 7) is 0. The number of aromatic nitrogens is 4. The molecule has 148 valence electrons. The predicted octanol–water partition coefficient (Wildman–Crippen LogP) is 4.36. The van der Waals surface area contributed by atoms with Crippen LogP contribution in [0, 0.1) is 17.2 Å². The number of hydrogen-bond donors (Lipinski definition) is 1. The first kappa shape index (κ1) is 17.3.